The Balaban J connectivity index is 1.97. The molecule has 0 spiro atoms. The molecule has 0 bridgehead atoms. The normalized spacial score (nSPS) is 11.7. The van der Waals surface area contributed by atoms with E-state index in [2.05, 4.69) is 15.9 Å². The molecule has 2 aromatic rings. The first-order valence-electron chi connectivity index (χ1n) is 7.33. The summed E-state index contributed by atoms with van der Waals surface area (Å²) in [5, 5.41) is 0. The predicted octanol–water partition coefficient (Wildman–Crippen LogP) is 3.96. The van der Waals surface area contributed by atoms with Crippen molar-refractivity contribution in [2.24, 2.45) is 0 Å². The van der Waals surface area contributed by atoms with Gasteiger partial charge in [-0.3, -0.25) is 4.79 Å². The van der Waals surface area contributed by atoms with Gasteiger partial charge in [-0.2, -0.15) is 0 Å². The van der Waals surface area contributed by atoms with Crippen LogP contribution in [0.1, 0.15) is 28.9 Å². The van der Waals surface area contributed by atoms with Crippen molar-refractivity contribution in [3.63, 3.8) is 0 Å². The Kier molecular flexibility index (Phi) is 6.09. The number of rotatable bonds is 5. The van der Waals surface area contributed by atoms with Gasteiger partial charge in [0.15, 0.2) is 6.61 Å². The van der Waals surface area contributed by atoms with Crippen molar-refractivity contribution in [1.29, 1.82) is 0 Å². The standard InChI is InChI=1S/C18H17BrFNO3/c1-12(13-6-4-3-5-7-13)21(2)17(22)11-24-18(23)15-10-14(19)8-9-16(15)20/h3-10,12H,11H2,1-2H3/t12-/m0/s1. The number of carbonyl (C=O) groups excluding carboxylic acids is 2. The molecule has 1 atom stereocenters. The van der Waals surface area contributed by atoms with Crippen molar-refractivity contribution >= 4 is 27.8 Å². The summed E-state index contributed by atoms with van der Waals surface area (Å²) >= 11 is 3.16. The fraction of sp³-hybridized carbons (Fsp3) is 0.222. The van der Waals surface area contributed by atoms with Crippen molar-refractivity contribution in [3.8, 4) is 0 Å². The van der Waals surface area contributed by atoms with Gasteiger partial charge < -0.3 is 9.64 Å². The molecule has 0 N–H and O–H groups in total. The molecule has 0 aliphatic rings. The molecule has 0 radical (unpaired) electrons. The summed E-state index contributed by atoms with van der Waals surface area (Å²) in [6.07, 6.45) is 0. The van der Waals surface area contributed by atoms with Crippen LogP contribution in [-0.2, 0) is 9.53 Å². The minimum Gasteiger partial charge on any atom is -0.452 e. The smallest absolute Gasteiger partial charge is 0.341 e. The molecule has 0 unspecified atom stereocenters. The molecule has 0 saturated carbocycles. The molecule has 6 heteroatoms. The zero-order chi connectivity index (χ0) is 17.7. The Morgan fingerprint density at radius 2 is 1.88 bits per heavy atom. The summed E-state index contributed by atoms with van der Waals surface area (Å²) in [7, 11) is 1.63. The third-order valence-corrected chi connectivity index (χ3v) is 4.22. The number of hydrogen-bond acceptors (Lipinski definition) is 3. The molecular formula is C18H17BrFNO3. The zero-order valence-electron chi connectivity index (χ0n) is 13.3. The second kappa shape index (κ2) is 8.06. The lowest BCUT2D eigenvalue weighted by Crippen LogP contribution is -2.33. The summed E-state index contributed by atoms with van der Waals surface area (Å²) < 4.78 is 19.1. The van der Waals surface area contributed by atoms with Crippen LogP contribution in [0.2, 0.25) is 0 Å². The summed E-state index contributed by atoms with van der Waals surface area (Å²) in [5.41, 5.74) is 0.758. The minimum atomic E-state index is -0.872. The largest absolute Gasteiger partial charge is 0.452 e. The van der Waals surface area contributed by atoms with Gasteiger partial charge in [-0.1, -0.05) is 46.3 Å². The molecule has 0 heterocycles. The van der Waals surface area contributed by atoms with Gasteiger partial charge in [-0.25, -0.2) is 9.18 Å². The fourth-order valence-corrected chi connectivity index (χ4v) is 2.49. The van der Waals surface area contributed by atoms with Gasteiger partial charge in [0, 0.05) is 11.5 Å². The van der Waals surface area contributed by atoms with E-state index >= 15 is 0 Å². The molecule has 0 saturated heterocycles. The number of ether oxygens (including phenoxy) is 1. The Labute approximate surface area is 148 Å². The van der Waals surface area contributed by atoms with Crippen LogP contribution in [-0.4, -0.2) is 30.4 Å². The molecule has 2 rings (SSSR count). The van der Waals surface area contributed by atoms with Crippen LogP contribution in [0.15, 0.2) is 53.0 Å². The average Bonchev–Trinajstić information content (AvgIpc) is 2.60. The van der Waals surface area contributed by atoms with Gasteiger partial charge in [-0.15, -0.1) is 0 Å². The van der Waals surface area contributed by atoms with E-state index in [0.717, 1.165) is 11.6 Å². The van der Waals surface area contributed by atoms with E-state index in [4.69, 9.17) is 4.74 Å². The Morgan fingerprint density at radius 1 is 1.21 bits per heavy atom. The van der Waals surface area contributed by atoms with E-state index in [1.807, 2.05) is 37.3 Å². The molecule has 126 valence electrons. The second-order valence-corrected chi connectivity index (χ2v) is 6.21. The average molecular weight is 394 g/mol. The van der Waals surface area contributed by atoms with E-state index in [1.165, 1.54) is 17.0 Å². The van der Waals surface area contributed by atoms with Crippen LogP contribution < -0.4 is 0 Å². The van der Waals surface area contributed by atoms with E-state index in [1.54, 1.807) is 7.05 Å². The second-order valence-electron chi connectivity index (χ2n) is 5.29. The molecule has 1 amide bonds. The third-order valence-electron chi connectivity index (χ3n) is 3.73. The summed E-state index contributed by atoms with van der Waals surface area (Å²) in [6.45, 7) is 1.43. The van der Waals surface area contributed by atoms with Crippen molar-refractivity contribution < 1.29 is 18.7 Å². The fourth-order valence-electron chi connectivity index (χ4n) is 2.13. The van der Waals surface area contributed by atoms with E-state index in [0.29, 0.717) is 4.47 Å². The number of carbonyl (C=O) groups is 2. The topological polar surface area (TPSA) is 46.6 Å². The molecule has 4 nitrogen and oxygen atoms in total. The highest BCUT2D eigenvalue weighted by Gasteiger charge is 2.20. The van der Waals surface area contributed by atoms with Crippen LogP contribution in [0.4, 0.5) is 4.39 Å². The lowest BCUT2D eigenvalue weighted by Gasteiger charge is -2.25. The third kappa shape index (κ3) is 4.41. The van der Waals surface area contributed by atoms with E-state index in [-0.39, 0.29) is 17.5 Å². The minimum absolute atomic E-state index is 0.167. The maximum atomic E-state index is 13.6. The number of benzene rings is 2. The number of amides is 1. The maximum Gasteiger partial charge on any atom is 0.341 e. The molecule has 0 aliphatic heterocycles. The highest BCUT2D eigenvalue weighted by molar-refractivity contribution is 9.10. The van der Waals surface area contributed by atoms with Crippen molar-refractivity contribution in [1.82, 2.24) is 4.90 Å². The molecule has 0 aromatic heterocycles. The van der Waals surface area contributed by atoms with Gasteiger partial charge in [0.05, 0.1) is 11.6 Å². The van der Waals surface area contributed by atoms with Crippen LogP contribution in [0.5, 0.6) is 0 Å². The summed E-state index contributed by atoms with van der Waals surface area (Å²) in [5.74, 6) is -1.93. The first-order chi connectivity index (χ1) is 11.4. The molecular weight excluding hydrogens is 377 g/mol. The number of likely N-dealkylation sites (N-methyl/N-ethyl adjacent to an activating group) is 1. The summed E-state index contributed by atoms with van der Waals surface area (Å²) in [4.78, 5) is 25.6. The van der Waals surface area contributed by atoms with Gasteiger partial charge in [0.1, 0.15) is 5.82 Å². The molecule has 0 fully saturated rings. The number of halogens is 2. The van der Waals surface area contributed by atoms with Gasteiger partial charge >= 0.3 is 5.97 Å². The molecule has 2 aromatic carbocycles. The van der Waals surface area contributed by atoms with E-state index < -0.39 is 18.4 Å². The van der Waals surface area contributed by atoms with Gasteiger partial charge in [0.2, 0.25) is 0 Å². The highest BCUT2D eigenvalue weighted by Crippen LogP contribution is 2.19. The molecule has 24 heavy (non-hydrogen) atoms. The number of esters is 1. The predicted molar refractivity (Wildman–Crippen MR) is 92.0 cm³/mol. The zero-order valence-corrected chi connectivity index (χ0v) is 14.9. The van der Waals surface area contributed by atoms with E-state index in [9.17, 15) is 14.0 Å². The number of nitrogens with zero attached hydrogens (tertiary/aromatic N) is 1. The van der Waals surface area contributed by atoms with Crippen molar-refractivity contribution in [3.05, 3.63) is 69.9 Å². The van der Waals surface area contributed by atoms with Gasteiger partial charge in [0.25, 0.3) is 5.91 Å². The first-order valence-corrected chi connectivity index (χ1v) is 8.12. The lowest BCUT2D eigenvalue weighted by molar-refractivity contribution is -0.135. The summed E-state index contributed by atoms with van der Waals surface area (Å²) in [6, 6.07) is 13.3. The van der Waals surface area contributed by atoms with Crippen LogP contribution in [0, 0.1) is 5.82 Å². The van der Waals surface area contributed by atoms with Crippen molar-refractivity contribution in [2.45, 2.75) is 13.0 Å². The van der Waals surface area contributed by atoms with Crippen LogP contribution in [0.25, 0.3) is 0 Å². The Bertz CT molecular complexity index is 736. The number of hydrogen-bond donors (Lipinski definition) is 0. The Hall–Kier alpha value is -2.21. The SMILES string of the molecule is C[C@@H](c1ccccc1)N(C)C(=O)COC(=O)c1cc(Br)ccc1F. The Morgan fingerprint density at radius 3 is 2.54 bits per heavy atom. The quantitative estimate of drug-likeness (QED) is 0.722. The van der Waals surface area contributed by atoms with Gasteiger partial charge in [-0.05, 0) is 30.7 Å². The van der Waals surface area contributed by atoms with Crippen LogP contribution in [0.3, 0.4) is 0 Å². The first kappa shape index (κ1) is 18.1. The van der Waals surface area contributed by atoms with Crippen LogP contribution >= 0.6 is 15.9 Å². The monoisotopic (exact) mass is 393 g/mol. The molecule has 0 aliphatic carbocycles. The highest BCUT2D eigenvalue weighted by atomic mass is 79.9. The maximum absolute atomic E-state index is 13.6. The lowest BCUT2D eigenvalue weighted by atomic mass is 10.1. The van der Waals surface area contributed by atoms with Crippen molar-refractivity contribution in [2.75, 3.05) is 13.7 Å².